The van der Waals surface area contributed by atoms with Gasteiger partial charge in [-0.15, -0.1) is 0 Å². The molecule has 6 atom stereocenters. The van der Waals surface area contributed by atoms with Gasteiger partial charge in [-0.3, -0.25) is 48.3 Å². The van der Waals surface area contributed by atoms with Gasteiger partial charge in [0.1, 0.15) is 70.1 Å². The fraction of sp³-hybridized carbons (Fsp3) is 0.157. The second-order valence-corrected chi connectivity index (χ2v) is 31.3. The predicted molar refractivity (Wildman–Crippen MR) is 427 cm³/mol. The summed E-state index contributed by atoms with van der Waals surface area (Å²) in [6.45, 7) is 6.96. The molecule has 0 bridgehead atoms. The lowest BCUT2D eigenvalue weighted by molar-refractivity contribution is -0.134. The number of phenolic OH excluding ortho intramolecular Hbond substituents is 3. The molecule has 6 aliphatic rings. The van der Waals surface area contributed by atoms with Crippen LogP contribution >= 0.6 is 68.8 Å². The molecule has 23 nitrogen and oxygen atoms in total. The number of benzene rings is 9. The van der Waals surface area contributed by atoms with Crippen molar-refractivity contribution in [2.45, 2.75) is 83.4 Å². The first kappa shape index (κ1) is 75.3. The fourth-order valence-electron chi connectivity index (χ4n) is 14.1. The van der Waals surface area contributed by atoms with Gasteiger partial charge < -0.3 is 50.0 Å². The molecule has 112 heavy (non-hydrogen) atoms. The summed E-state index contributed by atoms with van der Waals surface area (Å²) in [6, 6.07) is 47.0. The molecule has 12 aromatic rings. The minimum Gasteiger partial charge on any atom is -0.508 e. The van der Waals surface area contributed by atoms with E-state index in [9.17, 15) is 59.4 Å². The highest BCUT2D eigenvalue weighted by atomic mass is 35.5. The number of aliphatic carboxylic acids is 1. The first-order valence-corrected chi connectivity index (χ1v) is 38.3. The second kappa shape index (κ2) is 30.2. The Morgan fingerprint density at radius 2 is 0.634 bits per heavy atom. The Morgan fingerprint density at radius 3 is 0.884 bits per heavy atom. The van der Waals surface area contributed by atoms with E-state index in [0.29, 0.717) is 99.7 Å². The van der Waals surface area contributed by atoms with Crippen LogP contribution in [-0.4, -0.2) is 110 Å². The third kappa shape index (κ3) is 14.5. The number of halogens is 3. The van der Waals surface area contributed by atoms with Gasteiger partial charge >= 0.3 is 17.7 Å². The molecule has 3 amide bonds. The molecule has 18 rings (SSSR count). The van der Waals surface area contributed by atoms with Crippen LogP contribution in [0.4, 0.5) is 15.4 Å². The Kier molecular flexibility index (Phi) is 20.3. The number of hydrogen-bond acceptors (Lipinski definition) is 22. The van der Waals surface area contributed by atoms with Crippen LogP contribution < -0.4 is 28.9 Å². The summed E-state index contributed by atoms with van der Waals surface area (Å²) < 4.78 is 19.5. The lowest BCUT2D eigenvalue weighted by Crippen LogP contribution is -2.29. The van der Waals surface area contributed by atoms with Crippen molar-refractivity contribution in [1.82, 2.24) is 15.0 Å². The number of ketones is 3. The largest absolute Gasteiger partial charge is 0.508 e. The van der Waals surface area contributed by atoms with Gasteiger partial charge in [-0.1, -0.05) is 105 Å². The number of hydrogen-bond donors (Lipinski definition) is 7. The third-order valence-corrected chi connectivity index (χ3v) is 22.9. The zero-order valence-corrected chi connectivity index (χ0v) is 63.9. The van der Waals surface area contributed by atoms with E-state index in [1.807, 2.05) is 20.8 Å². The average molecular weight is 1620 g/mol. The van der Waals surface area contributed by atoms with Gasteiger partial charge in [0.2, 0.25) is 0 Å². The van der Waals surface area contributed by atoms with E-state index < -0.39 is 59.2 Å². The molecule has 3 fully saturated rings. The molecule has 0 saturated carbocycles. The van der Waals surface area contributed by atoms with E-state index in [2.05, 4.69) is 15.0 Å². The zero-order valence-electron chi connectivity index (χ0n) is 59.2. The van der Waals surface area contributed by atoms with Gasteiger partial charge in [-0.05, 0) is 200 Å². The Bertz CT molecular complexity index is 5470. The first-order valence-electron chi connectivity index (χ1n) is 34.7. The number of carboxylic acids is 1. The van der Waals surface area contributed by atoms with Crippen LogP contribution in [0, 0.1) is 0 Å². The molecule has 6 unspecified atom stereocenters. The number of nitrogens with zero attached hydrogens (tertiary/aromatic N) is 6. The van der Waals surface area contributed by atoms with E-state index >= 15 is 0 Å². The molecule has 29 heteroatoms. The minimum atomic E-state index is -0.940. The maximum atomic E-state index is 13.4. The molecule has 6 aliphatic heterocycles. The highest BCUT2D eigenvalue weighted by Gasteiger charge is 2.51. The number of carboxylic acid groups (broad SMARTS) is 1. The van der Waals surface area contributed by atoms with Crippen LogP contribution in [0.15, 0.2) is 199 Å². The topological polar surface area (TPSA) is 337 Å². The van der Waals surface area contributed by atoms with Gasteiger partial charge in [0, 0.05) is 57.9 Å². The molecule has 3 aromatic heterocycles. The SMILES string of the molecule is CC(=O)O.CC1Cc2cc(/C(O)=C3\C(=O)C(=O)N(c4nc5ccc(Cl)cc5s4)C3c3ccc(O)cc3)ccc2O1.CC1Cc2cc(/C(O)=C3\C(=O)C(=O)N(c4nc5ccc(Cl)cc5s4)C3c3ccc(O)cc3)ccc2O1.CC1Cc2cc(/C(O)=C3\C(=O)C(=O)N(c4nc5ccc(Cl)cc5s4)C3c3ccc(O)cc3)ccc2O1. The molecule has 9 heterocycles. The van der Waals surface area contributed by atoms with Crippen molar-refractivity contribution in [3.63, 3.8) is 0 Å². The van der Waals surface area contributed by atoms with E-state index in [4.69, 9.17) is 58.9 Å². The summed E-state index contributed by atoms with van der Waals surface area (Å²) in [6.07, 6.45) is 2.11. The number of phenols is 3. The summed E-state index contributed by atoms with van der Waals surface area (Å²) in [5, 5.41) is 73.6. The van der Waals surface area contributed by atoms with Crippen LogP contribution in [0.5, 0.6) is 34.5 Å². The Balaban J connectivity index is 0.000000130. The molecule has 564 valence electrons. The number of thiazole rings is 3. The van der Waals surface area contributed by atoms with E-state index in [1.54, 1.807) is 146 Å². The molecule has 0 aliphatic carbocycles. The quantitative estimate of drug-likeness (QED) is 0.0401. The zero-order chi connectivity index (χ0) is 79.0. The van der Waals surface area contributed by atoms with Crippen LogP contribution in [0.2, 0.25) is 15.1 Å². The normalized spacial score (nSPS) is 20.2. The first-order chi connectivity index (χ1) is 53.6. The molecule has 9 aromatic carbocycles. The van der Waals surface area contributed by atoms with Crippen LogP contribution in [-0.2, 0) is 52.8 Å². The molecule has 0 radical (unpaired) electrons. The standard InChI is InChI=1S/3C27H19ClN2O5S.C2H4O2/c3*1-13-10-16-11-15(4-9-20(16)35-13)24(32)22-23(14-2-6-18(31)7-3-14)30(26(34)25(22)33)27-29-19-8-5-17(28)12-21(19)36-27;1-2(3)4/h3*2-9,11-13,23,31-32H,10H2,1H3;1H3,(H,3,4)/b3*24-22+;. The van der Waals surface area contributed by atoms with Crippen molar-refractivity contribution >= 4 is 173 Å². The Morgan fingerprint density at radius 1 is 0.384 bits per heavy atom. The van der Waals surface area contributed by atoms with Gasteiger partial charge in [-0.25, -0.2) is 15.0 Å². The third-order valence-electron chi connectivity index (χ3n) is 19.1. The number of fused-ring (bicyclic) bond motifs is 6. The monoisotopic (exact) mass is 1610 g/mol. The number of aromatic nitrogens is 3. The summed E-state index contributed by atoms with van der Waals surface area (Å²) >= 11 is 22.1. The highest BCUT2D eigenvalue weighted by molar-refractivity contribution is 7.23. The number of amides is 3. The number of anilines is 3. The lowest BCUT2D eigenvalue weighted by Gasteiger charge is -2.23. The molecule has 7 N–H and O–H groups in total. The lowest BCUT2D eigenvalue weighted by atomic mass is 9.94. The maximum Gasteiger partial charge on any atom is 0.301 e. The van der Waals surface area contributed by atoms with Gasteiger partial charge in [0.05, 0.1) is 65.5 Å². The molecule has 0 spiro atoms. The predicted octanol–water partition coefficient (Wildman–Crippen LogP) is 16.9. The van der Waals surface area contributed by atoms with Crippen LogP contribution in [0.3, 0.4) is 0 Å². The average Bonchev–Trinajstić information content (AvgIpc) is 1.60. The number of ether oxygens (including phenoxy) is 3. The van der Waals surface area contributed by atoms with Crippen molar-refractivity contribution in [3.05, 3.63) is 264 Å². The summed E-state index contributed by atoms with van der Waals surface area (Å²) in [5.74, 6) is -4.15. The van der Waals surface area contributed by atoms with Crippen molar-refractivity contribution in [2.75, 3.05) is 14.7 Å². The van der Waals surface area contributed by atoms with Crippen molar-refractivity contribution in [1.29, 1.82) is 0 Å². The number of aliphatic hydroxyl groups is 3. The minimum absolute atomic E-state index is 0.0208. The number of Topliss-reactive ketones (excluding diaryl/α,β-unsaturated/α-hetero) is 3. The van der Waals surface area contributed by atoms with Gasteiger partial charge in [-0.2, -0.15) is 0 Å². The van der Waals surface area contributed by atoms with Gasteiger partial charge in [0.25, 0.3) is 23.3 Å². The van der Waals surface area contributed by atoms with Crippen LogP contribution in [0.1, 0.15) is 95.9 Å². The smallest absolute Gasteiger partial charge is 0.301 e. The van der Waals surface area contributed by atoms with Crippen molar-refractivity contribution < 1.29 is 83.5 Å². The van der Waals surface area contributed by atoms with Crippen molar-refractivity contribution in [3.8, 4) is 34.5 Å². The van der Waals surface area contributed by atoms with E-state index in [1.165, 1.54) is 85.1 Å². The fourth-order valence-corrected chi connectivity index (χ4v) is 18.0. The Hall–Kier alpha value is -12.2. The molecular formula is C83H61Cl3N6O17S3. The number of carbonyl (C=O) groups excluding carboxylic acids is 6. The summed E-state index contributed by atoms with van der Waals surface area (Å²) in [4.78, 5) is 107. The molecule has 3 saturated heterocycles. The number of aliphatic hydroxyl groups excluding tert-OH is 3. The maximum absolute atomic E-state index is 13.4. The number of rotatable bonds is 9. The molecular weight excluding hydrogens is 1560 g/mol. The highest BCUT2D eigenvalue weighted by Crippen LogP contribution is 2.50. The van der Waals surface area contributed by atoms with Crippen LogP contribution in [0.25, 0.3) is 47.9 Å². The summed E-state index contributed by atoms with van der Waals surface area (Å²) in [7, 11) is 0. The van der Waals surface area contributed by atoms with E-state index in [-0.39, 0.29) is 69.6 Å². The number of carbonyl (C=O) groups is 7. The summed E-state index contributed by atoms with van der Waals surface area (Å²) in [5.41, 5.74) is 7.44. The van der Waals surface area contributed by atoms with Gasteiger partial charge in [0.15, 0.2) is 15.4 Å². The van der Waals surface area contributed by atoms with Crippen molar-refractivity contribution in [2.24, 2.45) is 0 Å². The van der Waals surface area contributed by atoms with E-state index in [0.717, 1.165) is 55.0 Å². The Labute approximate surface area is 663 Å². The second-order valence-electron chi connectivity index (χ2n) is 27.0. The number of aromatic hydroxyl groups is 3.